The molecule has 0 spiro atoms. The second-order valence-corrected chi connectivity index (χ2v) is 8.53. The molecule has 2 aromatic rings. The van der Waals surface area contributed by atoms with Gasteiger partial charge in [-0.25, -0.2) is 8.42 Å². The molecule has 0 aromatic carbocycles. The van der Waals surface area contributed by atoms with Crippen molar-refractivity contribution in [3.05, 3.63) is 49.7 Å². The van der Waals surface area contributed by atoms with Gasteiger partial charge in [-0.15, -0.1) is 0 Å². The molecule has 0 bridgehead atoms. The minimum Gasteiger partial charge on any atom is -0.451 e. The number of nitrogens with zero attached hydrogens (tertiary/aromatic N) is 1. The molecule has 22 heavy (non-hydrogen) atoms. The number of hydrogen-bond donors (Lipinski definition) is 0. The third-order valence-electron chi connectivity index (χ3n) is 2.42. The van der Waals surface area contributed by atoms with Crippen LogP contribution in [0.15, 0.2) is 33.1 Å². The number of rotatable bonds is 5. The molecule has 0 aliphatic rings. The molecule has 0 aliphatic carbocycles. The van der Waals surface area contributed by atoms with Gasteiger partial charge in [-0.1, -0.05) is 23.2 Å². The van der Waals surface area contributed by atoms with Crippen LogP contribution in [0.2, 0.25) is 0 Å². The van der Waals surface area contributed by atoms with E-state index in [1.54, 1.807) is 6.07 Å². The predicted octanol–water partition coefficient (Wildman–Crippen LogP) is 4.06. The molecule has 7 nitrogen and oxygen atoms in total. The Morgan fingerprint density at radius 2 is 1.95 bits per heavy atom. The summed E-state index contributed by atoms with van der Waals surface area (Å²) in [7, 11) is -4.18. The first-order chi connectivity index (χ1) is 10.2. The zero-order valence-electron chi connectivity index (χ0n) is 10.4. The average molecular weight is 478 g/mol. The molecule has 2 aromatic heterocycles. The number of hydrogen-bond acceptors (Lipinski definition) is 6. The third-order valence-corrected chi connectivity index (χ3v) is 5.81. The molecule has 0 radical (unpaired) electrons. The SMILES string of the molecule is O=[N+]([O-])c1ccc(/C(=C\c2ccc(I)o2)S(=O)(=O)C(Cl)Cl)o1. The van der Waals surface area contributed by atoms with Crippen LogP contribution in [0.3, 0.4) is 0 Å². The number of halogens is 3. The number of nitro groups is 1. The minimum absolute atomic E-state index is 0.205. The minimum atomic E-state index is -4.18. The Balaban J connectivity index is 2.60. The number of furan rings is 2. The summed E-state index contributed by atoms with van der Waals surface area (Å²) in [5.41, 5.74) is 0. The van der Waals surface area contributed by atoms with Crippen molar-refractivity contribution in [2.24, 2.45) is 0 Å². The van der Waals surface area contributed by atoms with Crippen molar-refractivity contribution in [1.29, 1.82) is 0 Å². The molecule has 0 fully saturated rings. The summed E-state index contributed by atoms with van der Waals surface area (Å²) in [4.78, 5) is 9.45. The summed E-state index contributed by atoms with van der Waals surface area (Å²) in [6.07, 6.45) is 1.14. The quantitative estimate of drug-likeness (QED) is 0.278. The van der Waals surface area contributed by atoms with Gasteiger partial charge in [0, 0.05) is 6.08 Å². The highest BCUT2D eigenvalue weighted by Crippen LogP contribution is 2.33. The summed E-state index contributed by atoms with van der Waals surface area (Å²) >= 11 is 12.9. The summed E-state index contributed by atoms with van der Waals surface area (Å²) in [6, 6.07) is 5.31. The van der Waals surface area contributed by atoms with Crippen molar-refractivity contribution in [3.63, 3.8) is 0 Å². The van der Waals surface area contributed by atoms with E-state index in [1.165, 1.54) is 6.07 Å². The highest BCUT2D eigenvalue weighted by atomic mass is 127. The van der Waals surface area contributed by atoms with Gasteiger partial charge in [0.05, 0.1) is 6.07 Å². The van der Waals surface area contributed by atoms with E-state index in [-0.39, 0.29) is 11.5 Å². The molecule has 0 unspecified atom stereocenters. The molecule has 0 saturated heterocycles. The lowest BCUT2D eigenvalue weighted by molar-refractivity contribution is -0.402. The van der Waals surface area contributed by atoms with E-state index >= 15 is 0 Å². The van der Waals surface area contributed by atoms with Crippen LogP contribution >= 0.6 is 45.8 Å². The lowest BCUT2D eigenvalue weighted by Crippen LogP contribution is -2.10. The van der Waals surface area contributed by atoms with Crippen LogP contribution in [0.4, 0.5) is 5.88 Å². The fourth-order valence-corrected chi connectivity index (χ4v) is 3.36. The maximum atomic E-state index is 12.2. The van der Waals surface area contributed by atoms with Gasteiger partial charge in [0.15, 0.2) is 9.53 Å². The van der Waals surface area contributed by atoms with Gasteiger partial charge in [-0.05, 0) is 40.8 Å². The lowest BCUT2D eigenvalue weighted by atomic mass is 10.3. The highest BCUT2D eigenvalue weighted by molar-refractivity contribution is 14.1. The Morgan fingerprint density at radius 1 is 1.27 bits per heavy atom. The molecule has 0 N–H and O–H groups in total. The van der Waals surface area contributed by atoms with Crippen LogP contribution in [0.5, 0.6) is 0 Å². The van der Waals surface area contributed by atoms with Gasteiger partial charge >= 0.3 is 5.88 Å². The van der Waals surface area contributed by atoms with Gasteiger partial charge in [0.25, 0.3) is 0 Å². The smallest absolute Gasteiger partial charge is 0.433 e. The van der Waals surface area contributed by atoms with Crippen molar-refractivity contribution in [2.75, 3.05) is 0 Å². The molecular weight excluding hydrogens is 472 g/mol. The van der Waals surface area contributed by atoms with Gasteiger partial charge in [-0.3, -0.25) is 10.1 Å². The molecule has 118 valence electrons. The topological polar surface area (TPSA) is 104 Å². The van der Waals surface area contributed by atoms with E-state index < -0.39 is 29.7 Å². The van der Waals surface area contributed by atoms with Gasteiger partial charge in [0.2, 0.25) is 14.0 Å². The molecule has 2 heterocycles. The third kappa shape index (κ3) is 3.65. The average Bonchev–Trinajstić information content (AvgIpc) is 3.04. The Bertz CT molecular complexity index is 838. The molecule has 0 aliphatic heterocycles. The highest BCUT2D eigenvalue weighted by Gasteiger charge is 2.31. The van der Waals surface area contributed by atoms with Crippen LogP contribution in [-0.4, -0.2) is 17.5 Å². The van der Waals surface area contributed by atoms with E-state index in [9.17, 15) is 18.5 Å². The fourth-order valence-electron chi connectivity index (χ4n) is 1.48. The van der Waals surface area contributed by atoms with Crippen molar-refractivity contribution >= 4 is 72.5 Å². The van der Waals surface area contributed by atoms with E-state index in [1.807, 2.05) is 22.6 Å². The van der Waals surface area contributed by atoms with Gasteiger partial charge < -0.3 is 8.83 Å². The Labute approximate surface area is 148 Å². The lowest BCUT2D eigenvalue weighted by Gasteiger charge is -2.06. The maximum absolute atomic E-state index is 12.2. The van der Waals surface area contributed by atoms with Crippen LogP contribution in [0, 0.1) is 13.9 Å². The first-order valence-electron chi connectivity index (χ1n) is 5.45. The molecule has 2 rings (SSSR count). The zero-order chi connectivity index (χ0) is 16.5. The molecule has 11 heteroatoms. The zero-order valence-corrected chi connectivity index (χ0v) is 14.9. The summed E-state index contributed by atoms with van der Waals surface area (Å²) in [6.45, 7) is 0. The van der Waals surface area contributed by atoms with E-state index in [0.717, 1.165) is 18.2 Å². The summed E-state index contributed by atoms with van der Waals surface area (Å²) < 4.78 is 33.4. The van der Waals surface area contributed by atoms with Crippen molar-refractivity contribution < 1.29 is 22.2 Å². The summed E-state index contributed by atoms with van der Waals surface area (Å²) in [5, 5.41) is 10.7. The fraction of sp³-hybridized carbons (Fsp3) is 0.0909. The van der Waals surface area contributed by atoms with Gasteiger partial charge in [-0.2, -0.15) is 0 Å². The van der Waals surface area contributed by atoms with Crippen molar-refractivity contribution in [3.8, 4) is 0 Å². The number of alkyl halides is 2. The number of sulfone groups is 1. The Morgan fingerprint density at radius 3 is 2.41 bits per heavy atom. The van der Waals surface area contributed by atoms with E-state index in [0.29, 0.717) is 3.77 Å². The van der Waals surface area contributed by atoms with E-state index in [4.69, 9.17) is 32.0 Å². The van der Waals surface area contributed by atoms with Crippen molar-refractivity contribution in [1.82, 2.24) is 0 Å². The van der Waals surface area contributed by atoms with Crippen LogP contribution in [-0.2, 0) is 9.84 Å². The summed E-state index contributed by atoms with van der Waals surface area (Å²) in [5.74, 6) is -0.661. The molecular formula is C11H6Cl2INO6S. The first kappa shape index (κ1) is 17.3. The van der Waals surface area contributed by atoms with Crippen LogP contribution < -0.4 is 0 Å². The first-order valence-corrected chi connectivity index (χ1v) is 8.95. The standard InChI is InChI=1S/C11H6Cl2INO6S/c12-11(13)22(18,19)8(5-6-1-3-9(14)20-6)7-2-4-10(21-7)15(16)17/h1-5,11H/b8-5+. The van der Waals surface area contributed by atoms with Crippen molar-refractivity contribution in [2.45, 2.75) is 4.17 Å². The van der Waals surface area contributed by atoms with Crippen LogP contribution in [0.25, 0.3) is 11.0 Å². The molecule has 0 saturated carbocycles. The Kier molecular flexibility index (Phi) is 5.20. The normalized spacial score (nSPS) is 12.8. The molecule has 0 atom stereocenters. The largest absolute Gasteiger partial charge is 0.451 e. The van der Waals surface area contributed by atoms with Crippen LogP contribution in [0.1, 0.15) is 11.5 Å². The predicted molar refractivity (Wildman–Crippen MR) is 89.1 cm³/mol. The Hall–Kier alpha value is -1.04. The maximum Gasteiger partial charge on any atom is 0.433 e. The monoisotopic (exact) mass is 477 g/mol. The van der Waals surface area contributed by atoms with E-state index in [2.05, 4.69) is 0 Å². The van der Waals surface area contributed by atoms with Gasteiger partial charge in [0.1, 0.15) is 15.6 Å². The molecule has 0 amide bonds. The second kappa shape index (κ2) is 6.60. The second-order valence-electron chi connectivity index (χ2n) is 3.85.